The lowest BCUT2D eigenvalue weighted by Gasteiger charge is -2.22. The number of hydrogen-bond donors (Lipinski definition) is 2. The minimum atomic E-state index is -0.677. The molecule has 156 valence electrons. The number of benzene rings is 2. The van der Waals surface area contributed by atoms with Crippen molar-refractivity contribution in [3.05, 3.63) is 53.6 Å². The number of rotatable bonds is 9. The summed E-state index contributed by atoms with van der Waals surface area (Å²) < 4.78 is 11.2. The predicted molar refractivity (Wildman–Crippen MR) is 115 cm³/mol. The van der Waals surface area contributed by atoms with Gasteiger partial charge in [-0.25, -0.2) is 0 Å². The van der Waals surface area contributed by atoms with Crippen molar-refractivity contribution < 1.29 is 19.1 Å². The minimum Gasteiger partial charge on any atom is -0.490 e. The summed E-state index contributed by atoms with van der Waals surface area (Å²) in [6.45, 7) is 10.4. The van der Waals surface area contributed by atoms with Crippen molar-refractivity contribution in [3.8, 4) is 11.5 Å². The van der Waals surface area contributed by atoms with Crippen LogP contribution in [-0.2, 0) is 4.79 Å². The summed E-state index contributed by atoms with van der Waals surface area (Å²) in [6.07, 6.45) is 0. The predicted octanol–water partition coefficient (Wildman–Crippen LogP) is 4.19. The minimum absolute atomic E-state index is 0.0861. The Balaban J connectivity index is 2.16. The summed E-state index contributed by atoms with van der Waals surface area (Å²) in [6, 6.07) is 11.9. The van der Waals surface area contributed by atoms with Gasteiger partial charge in [0.1, 0.15) is 6.04 Å². The second kappa shape index (κ2) is 10.5. The zero-order chi connectivity index (χ0) is 21.4. The Kier molecular flexibility index (Phi) is 8.07. The van der Waals surface area contributed by atoms with Gasteiger partial charge in [-0.05, 0) is 50.5 Å². The molecule has 0 aliphatic rings. The molecule has 0 heterocycles. The number of carbonyl (C=O) groups is 2. The molecule has 2 rings (SSSR count). The monoisotopic (exact) mass is 398 g/mol. The van der Waals surface area contributed by atoms with E-state index in [4.69, 9.17) is 9.47 Å². The summed E-state index contributed by atoms with van der Waals surface area (Å²) in [5.41, 5.74) is 2.00. The van der Waals surface area contributed by atoms with E-state index in [9.17, 15) is 9.59 Å². The van der Waals surface area contributed by atoms with Crippen molar-refractivity contribution in [3.63, 3.8) is 0 Å². The van der Waals surface area contributed by atoms with E-state index in [1.807, 2.05) is 52.8 Å². The molecule has 0 bridgehead atoms. The van der Waals surface area contributed by atoms with E-state index in [1.54, 1.807) is 24.3 Å². The molecule has 6 heteroatoms. The van der Waals surface area contributed by atoms with Crippen LogP contribution in [0.3, 0.4) is 0 Å². The lowest BCUT2D eigenvalue weighted by atomic mass is 10.0. The second-order valence-corrected chi connectivity index (χ2v) is 7.03. The third-order valence-electron chi connectivity index (χ3n) is 4.44. The lowest BCUT2D eigenvalue weighted by molar-refractivity contribution is -0.118. The fraction of sp³-hybridized carbons (Fsp3) is 0.391. The molecule has 2 aromatic carbocycles. The zero-order valence-electron chi connectivity index (χ0n) is 17.7. The highest BCUT2D eigenvalue weighted by molar-refractivity contribution is 6.02. The number of hydrogen-bond acceptors (Lipinski definition) is 4. The fourth-order valence-corrected chi connectivity index (χ4v) is 2.93. The van der Waals surface area contributed by atoms with Gasteiger partial charge in [-0.1, -0.05) is 32.0 Å². The molecule has 2 aromatic rings. The van der Waals surface area contributed by atoms with Gasteiger partial charge in [0.25, 0.3) is 5.91 Å². The van der Waals surface area contributed by atoms with Gasteiger partial charge in [0.2, 0.25) is 5.91 Å². The topological polar surface area (TPSA) is 76.7 Å². The maximum atomic E-state index is 12.9. The van der Waals surface area contributed by atoms with Gasteiger partial charge in [-0.3, -0.25) is 9.59 Å². The Morgan fingerprint density at radius 3 is 2.24 bits per heavy atom. The Hall–Kier alpha value is -3.02. The number of aryl methyl sites for hydroxylation is 1. The van der Waals surface area contributed by atoms with Crippen molar-refractivity contribution in [1.29, 1.82) is 0 Å². The summed E-state index contributed by atoms with van der Waals surface area (Å²) in [7, 11) is 0. The molecule has 0 spiro atoms. The summed E-state index contributed by atoms with van der Waals surface area (Å²) in [4.78, 5) is 25.6. The number of amides is 2. The van der Waals surface area contributed by atoms with Crippen LogP contribution in [0.2, 0.25) is 0 Å². The second-order valence-electron chi connectivity index (χ2n) is 7.03. The molecule has 1 atom stereocenters. The van der Waals surface area contributed by atoms with Crippen LogP contribution in [0.25, 0.3) is 0 Å². The highest BCUT2D eigenvalue weighted by Gasteiger charge is 2.25. The van der Waals surface area contributed by atoms with Crippen molar-refractivity contribution in [2.45, 2.75) is 40.7 Å². The lowest BCUT2D eigenvalue weighted by Crippen LogP contribution is -2.47. The van der Waals surface area contributed by atoms with E-state index >= 15 is 0 Å². The molecule has 0 radical (unpaired) electrons. The average molecular weight is 399 g/mol. The smallest absolute Gasteiger partial charge is 0.252 e. The summed E-state index contributed by atoms with van der Waals surface area (Å²) >= 11 is 0. The number of anilines is 1. The van der Waals surface area contributed by atoms with Crippen LogP contribution < -0.4 is 20.1 Å². The number of carbonyl (C=O) groups excluding carboxylic acids is 2. The van der Waals surface area contributed by atoms with Crippen LogP contribution in [0.5, 0.6) is 11.5 Å². The standard InChI is InChI=1S/C23H30N2O4/c1-6-28-19-13-12-17(14-20(19)29-7-2)24-23(27)21(15(3)4)25-22(26)18-11-9-8-10-16(18)5/h8-15,21H,6-7H2,1-5H3,(H,24,27)(H,25,26). The highest BCUT2D eigenvalue weighted by atomic mass is 16.5. The molecule has 0 fully saturated rings. The van der Waals surface area contributed by atoms with Crippen molar-refractivity contribution >= 4 is 17.5 Å². The molecular formula is C23H30N2O4. The highest BCUT2D eigenvalue weighted by Crippen LogP contribution is 2.30. The summed E-state index contributed by atoms with van der Waals surface area (Å²) in [5, 5.41) is 5.73. The first-order valence-electron chi connectivity index (χ1n) is 9.94. The average Bonchev–Trinajstić information content (AvgIpc) is 2.68. The molecule has 1 unspecified atom stereocenters. The Morgan fingerprint density at radius 2 is 1.62 bits per heavy atom. The molecule has 2 amide bonds. The van der Waals surface area contributed by atoms with Crippen LogP contribution >= 0.6 is 0 Å². The Labute approximate surface area is 172 Å². The molecule has 29 heavy (non-hydrogen) atoms. The zero-order valence-corrected chi connectivity index (χ0v) is 17.7. The van der Waals surface area contributed by atoms with Crippen LogP contribution in [0, 0.1) is 12.8 Å². The van der Waals surface area contributed by atoms with Crippen LogP contribution in [0.1, 0.15) is 43.6 Å². The molecular weight excluding hydrogens is 368 g/mol. The van der Waals surface area contributed by atoms with E-state index in [2.05, 4.69) is 10.6 Å². The molecule has 0 aromatic heterocycles. The van der Waals surface area contributed by atoms with Gasteiger partial charge in [0.05, 0.1) is 13.2 Å². The maximum absolute atomic E-state index is 12.9. The van der Waals surface area contributed by atoms with Gasteiger partial charge in [-0.2, -0.15) is 0 Å². The molecule has 0 aliphatic carbocycles. The normalized spacial score (nSPS) is 11.7. The third kappa shape index (κ3) is 5.98. The van der Waals surface area contributed by atoms with Gasteiger partial charge in [-0.15, -0.1) is 0 Å². The maximum Gasteiger partial charge on any atom is 0.252 e. The van der Waals surface area contributed by atoms with Crippen LogP contribution in [0.15, 0.2) is 42.5 Å². The van der Waals surface area contributed by atoms with Gasteiger partial charge >= 0.3 is 0 Å². The van der Waals surface area contributed by atoms with Crippen molar-refractivity contribution in [2.24, 2.45) is 5.92 Å². The first-order chi connectivity index (χ1) is 13.9. The van der Waals surface area contributed by atoms with Crippen LogP contribution in [0.4, 0.5) is 5.69 Å². The first-order valence-corrected chi connectivity index (χ1v) is 9.94. The van der Waals surface area contributed by atoms with Gasteiger partial charge in [0, 0.05) is 17.3 Å². The van der Waals surface area contributed by atoms with E-state index in [0.717, 1.165) is 5.56 Å². The van der Waals surface area contributed by atoms with Gasteiger partial charge < -0.3 is 20.1 Å². The quantitative estimate of drug-likeness (QED) is 0.664. The van der Waals surface area contributed by atoms with Crippen LogP contribution in [-0.4, -0.2) is 31.1 Å². The van der Waals surface area contributed by atoms with Crippen molar-refractivity contribution in [1.82, 2.24) is 5.32 Å². The van der Waals surface area contributed by atoms with Crippen molar-refractivity contribution in [2.75, 3.05) is 18.5 Å². The number of nitrogens with one attached hydrogen (secondary N) is 2. The Morgan fingerprint density at radius 1 is 0.966 bits per heavy atom. The molecule has 0 saturated heterocycles. The number of ether oxygens (including phenoxy) is 2. The third-order valence-corrected chi connectivity index (χ3v) is 4.44. The molecule has 2 N–H and O–H groups in total. The van der Waals surface area contributed by atoms with E-state index < -0.39 is 6.04 Å². The first kappa shape index (κ1) is 22.3. The summed E-state index contributed by atoms with van der Waals surface area (Å²) in [5.74, 6) is 0.557. The molecule has 0 aliphatic heterocycles. The molecule has 6 nitrogen and oxygen atoms in total. The van der Waals surface area contributed by atoms with E-state index in [1.165, 1.54) is 0 Å². The largest absolute Gasteiger partial charge is 0.490 e. The van der Waals surface area contributed by atoms with Gasteiger partial charge in [0.15, 0.2) is 11.5 Å². The SMILES string of the molecule is CCOc1ccc(NC(=O)C(NC(=O)c2ccccc2C)C(C)C)cc1OCC. The fourth-order valence-electron chi connectivity index (χ4n) is 2.93. The van der Waals surface area contributed by atoms with E-state index in [0.29, 0.717) is 36.0 Å². The Bertz CT molecular complexity index is 849. The molecule has 0 saturated carbocycles. The van der Waals surface area contributed by atoms with E-state index in [-0.39, 0.29) is 17.7 Å².